The van der Waals surface area contributed by atoms with Crippen LogP contribution < -0.4 is 5.32 Å². The molecule has 4 rings (SSSR count). The van der Waals surface area contributed by atoms with E-state index in [1.54, 1.807) is 18.2 Å². The molecule has 0 unspecified atom stereocenters. The average Bonchev–Trinajstić information content (AvgIpc) is 3.14. The number of anilines is 1. The normalized spacial score (nSPS) is 13.2. The van der Waals surface area contributed by atoms with Gasteiger partial charge in [0.2, 0.25) is 5.91 Å². The van der Waals surface area contributed by atoms with Gasteiger partial charge in [0.15, 0.2) is 0 Å². The quantitative estimate of drug-likeness (QED) is 0.588. The van der Waals surface area contributed by atoms with Crippen LogP contribution in [0.15, 0.2) is 59.6 Å². The number of imidazole rings is 1. The Bertz CT molecular complexity index is 968. The van der Waals surface area contributed by atoms with Crippen LogP contribution in [0.5, 0.6) is 0 Å². The third kappa shape index (κ3) is 4.28. The van der Waals surface area contributed by atoms with Crippen molar-refractivity contribution in [3.05, 3.63) is 66.2 Å². The number of nitrogens with one attached hydrogen (secondary N) is 1. The summed E-state index contributed by atoms with van der Waals surface area (Å²) in [5.74, 6) is 1.21. The molecular formula is C22H22FN3OS. The number of thioether (sulfide) groups is 1. The Morgan fingerprint density at radius 3 is 2.79 bits per heavy atom. The number of amides is 1. The third-order valence-electron chi connectivity index (χ3n) is 4.85. The number of carbonyl (C=O) groups is 1. The first-order chi connectivity index (χ1) is 13.7. The molecule has 144 valence electrons. The molecule has 6 heteroatoms. The highest BCUT2D eigenvalue weighted by atomic mass is 32.2. The van der Waals surface area contributed by atoms with Gasteiger partial charge in [0, 0.05) is 46.8 Å². The van der Waals surface area contributed by atoms with Crippen molar-refractivity contribution in [2.24, 2.45) is 0 Å². The fraction of sp³-hybridized carbons (Fsp3) is 0.273. The maximum absolute atomic E-state index is 13.6. The molecule has 0 bridgehead atoms. The lowest BCUT2D eigenvalue weighted by Crippen LogP contribution is -2.12. The lowest BCUT2D eigenvalue weighted by molar-refractivity contribution is -0.115. The summed E-state index contributed by atoms with van der Waals surface area (Å²) in [5, 5.41) is 2.90. The molecule has 1 aliphatic heterocycles. The second-order valence-corrected chi connectivity index (χ2v) is 7.97. The maximum atomic E-state index is 13.6. The summed E-state index contributed by atoms with van der Waals surface area (Å²) in [4.78, 5) is 17.3. The standard InChI is InChI=1S/C22H22FN3OS/c23-19-6-1-2-7-20(19)28-14-12-21(27)25-17-10-8-16(9-11-17)22-24-15-18-5-3-4-13-26(18)22/h1-2,6-11,15H,3-5,12-14H2,(H,25,27). The van der Waals surface area contributed by atoms with Gasteiger partial charge >= 0.3 is 0 Å². The molecule has 4 nitrogen and oxygen atoms in total. The predicted octanol–water partition coefficient (Wildman–Crippen LogP) is 5.15. The molecule has 3 aromatic rings. The van der Waals surface area contributed by atoms with Gasteiger partial charge in [0.1, 0.15) is 11.6 Å². The fourth-order valence-corrected chi connectivity index (χ4v) is 4.30. The minimum Gasteiger partial charge on any atom is -0.328 e. The number of rotatable bonds is 6. The van der Waals surface area contributed by atoms with Crippen LogP contribution in [0.25, 0.3) is 11.4 Å². The highest BCUT2D eigenvalue weighted by Gasteiger charge is 2.15. The molecule has 0 saturated carbocycles. The summed E-state index contributed by atoms with van der Waals surface area (Å²) in [5.41, 5.74) is 3.11. The minimum atomic E-state index is -0.246. The van der Waals surface area contributed by atoms with E-state index >= 15 is 0 Å². The van der Waals surface area contributed by atoms with Crippen LogP contribution in [-0.2, 0) is 17.8 Å². The van der Waals surface area contributed by atoms with Gasteiger partial charge in [-0.15, -0.1) is 11.8 Å². The van der Waals surface area contributed by atoms with Crippen molar-refractivity contribution in [1.82, 2.24) is 9.55 Å². The van der Waals surface area contributed by atoms with E-state index in [1.165, 1.54) is 36.4 Å². The summed E-state index contributed by atoms with van der Waals surface area (Å²) in [6.45, 7) is 1.02. The Morgan fingerprint density at radius 1 is 1.14 bits per heavy atom. The van der Waals surface area contributed by atoms with Gasteiger partial charge in [-0.3, -0.25) is 4.79 Å². The molecule has 0 fully saturated rings. The molecule has 1 aromatic heterocycles. The van der Waals surface area contributed by atoms with E-state index in [0.717, 1.165) is 30.0 Å². The lowest BCUT2D eigenvalue weighted by Gasteiger charge is -2.16. The van der Waals surface area contributed by atoms with Crippen molar-refractivity contribution in [2.45, 2.75) is 37.1 Å². The number of fused-ring (bicyclic) bond motifs is 1. The van der Waals surface area contributed by atoms with E-state index in [-0.39, 0.29) is 11.7 Å². The molecule has 0 saturated heterocycles. The Labute approximate surface area is 168 Å². The van der Waals surface area contributed by atoms with Gasteiger partial charge in [0.25, 0.3) is 0 Å². The number of carbonyl (C=O) groups excluding carboxylic acids is 1. The van der Waals surface area contributed by atoms with Crippen LogP contribution in [0.2, 0.25) is 0 Å². The van der Waals surface area contributed by atoms with E-state index in [2.05, 4.69) is 14.9 Å². The second kappa shape index (κ2) is 8.61. The van der Waals surface area contributed by atoms with Crippen LogP contribution in [-0.4, -0.2) is 21.2 Å². The fourth-order valence-electron chi connectivity index (χ4n) is 3.41. The van der Waals surface area contributed by atoms with Gasteiger partial charge in [-0.05, 0) is 55.7 Å². The number of hydrogen-bond donors (Lipinski definition) is 1. The smallest absolute Gasteiger partial charge is 0.225 e. The number of benzene rings is 2. The van der Waals surface area contributed by atoms with E-state index < -0.39 is 0 Å². The molecule has 1 aliphatic rings. The maximum Gasteiger partial charge on any atom is 0.225 e. The van der Waals surface area contributed by atoms with E-state index in [4.69, 9.17) is 0 Å². The average molecular weight is 396 g/mol. The molecule has 28 heavy (non-hydrogen) atoms. The van der Waals surface area contributed by atoms with Crippen molar-refractivity contribution >= 4 is 23.4 Å². The molecule has 0 aliphatic carbocycles. The zero-order chi connectivity index (χ0) is 19.3. The van der Waals surface area contributed by atoms with Gasteiger partial charge in [0.05, 0.1) is 0 Å². The molecule has 2 aromatic carbocycles. The molecule has 2 heterocycles. The molecule has 1 amide bonds. The number of halogens is 1. The first-order valence-electron chi connectivity index (χ1n) is 9.53. The monoisotopic (exact) mass is 395 g/mol. The van der Waals surface area contributed by atoms with Crippen molar-refractivity contribution in [3.63, 3.8) is 0 Å². The topological polar surface area (TPSA) is 46.9 Å². The summed E-state index contributed by atoms with van der Waals surface area (Å²) in [6.07, 6.45) is 5.80. The van der Waals surface area contributed by atoms with E-state index in [9.17, 15) is 9.18 Å². The Hall–Kier alpha value is -2.60. The number of aromatic nitrogens is 2. The van der Waals surface area contributed by atoms with Gasteiger partial charge in [-0.25, -0.2) is 9.37 Å². The van der Waals surface area contributed by atoms with Gasteiger partial charge < -0.3 is 9.88 Å². The number of nitrogens with zero attached hydrogens (tertiary/aromatic N) is 2. The number of aryl methyl sites for hydroxylation is 1. The first kappa shape index (κ1) is 18.7. The zero-order valence-electron chi connectivity index (χ0n) is 15.5. The summed E-state index contributed by atoms with van der Waals surface area (Å²) >= 11 is 1.35. The molecular weight excluding hydrogens is 373 g/mol. The first-order valence-corrected chi connectivity index (χ1v) is 10.5. The SMILES string of the molecule is O=C(CCSc1ccccc1F)Nc1ccc(-c2ncc3n2CCCC3)cc1. The van der Waals surface area contributed by atoms with E-state index in [0.29, 0.717) is 17.1 Å². The van der Waals surface area contributed by atoms with E-state index in [1.807, 2.05) is 30.5 Å². The lowest BCUT2D eigenvalue weighted by atomic mass is 10.1. The number of hydrogen-bond acceptors (Lipinski definition) is 3. The molecule has 1 N–H and O–H groups in total. The zero-order valence-corrected chi connectivity index (χ0v) is 16.3. The minimum absolute atomic E-state index is 0.0743. The van der Waals surface area contributed by atoms with Crippen molar-refractivity contribution in [1.29, 1.82) is 0 Å². The van der Waals surface area contributed by atoms with Crippen LogP contribution in [0.4, 0.5) is 10.1 Å². The summed E-state index contributed by atoms with van der Waals surface area (Å²) in [6, 6.07) is 14.4. The molecule has 0 atom stereocenters. The van der Waals surface area contributed by atoms with Crippen LogP contribution in [0.3, 0.4) is 0 Å². The second-order valence-electron chi connectivity index (χ2n) is 6.84. The third-order valence-corrected chi connectivity index (χ3v) is 5.90. The van der Waals surface area contributed by atoms with Crippen molar-refractivity contribution < 1.29 is 9.18 Å². The van der Waals surface area contributed by atoms with Crippen LogP contribution in [0, 0.1) is 5.82 Å². The van der Waals surface area contributed by atoms with Gasteiger partial charge in [-0.2, -0.15) is 0 Å². The Kier molecular flexibility index (Phi) is 5.76. The highest BCUT2D eigenvalue weighted by molar-refractivity contribution is 7.99. The Balaban J connectivity index is 1.32. The van der Waals surface area contributed by atoms with Crippen molar-refractivity contribution in [2.75, 3.05) is 11.1 Å². The van der Waals surface area contributed by atoms with Crippen molar-refractivity contribution in [3.8, 4) is 11.4 Å². The Morgan fingerprint density at radius 2 is 1.96 bits per heavy atom. The van der Waals surface area contributed by atoms with Crippen LogP contribution >= 0.6 is 11.8 Å². The highest BCUT2D eigenvalue weighted by Crippen LogP contribution is 2.26. The van der Waals surface area contributed by atoms with Gasteiger partial charge in [-0.1, -0.05) is 12.1 Å². The summed E-state index contributed by atoms with van der Waals surface area (Å²) < 4.78 is 15.9. The summed E-state index contributed by atoms with van der Waals surface area (Å²) in [7, 11) is 0. The molecule has 0 radical (unpaired) electrons. The predicted molar refractivity (Wildman–Crippen MR) is 111 cm³/mol. The largest absolute Gasteiger partial charge is 0.328 e. The van der Waals surface area contributed by atoms with Crippen LogP contribution in [0.1, 0.15) is 25.0 Å². The molecule has 0 spiro atoms.